The molecule has 25 heavy (non-hydrogen) atoms. The van der Waals surface area contributed by atoms with Crippen LogP contribution in [0.15, 0.2) is 61.1 Å². The summed E-state index contributed by atoms with van der Waals surface area (Å²) in [6.45, 7) is 3.70. The van der Waals surface area contributed by atoms with E-state index in [2.05, 4.69) is 56.4 Å². The van der Waals surface area contributed by atoms with Crippen molar-refractivity contribution in [1.29, 1.82) is 0 Å². The second-order valence-electron chi connectivity index (χ2n) is 6.11. The number of hydrogen-bond donors (Lipinski definition) is 1. The third-order valence-electron chi connectivity index (χ3n) is 4.03. The van der Waals surface area contributed by atoms with E-state index >= 15 is 0 Å². The van der Waals surface area contributed by atoms with E-state index in [4.69, 9.17) is 0 Å². The molecule has 0 spiro atoms. The van der Waals surface area contributed by atoms with Crippen molar-refractivity contribution in [2.75, 3.05) is 23.8 Å². The van der Waals surface area contributed by atoms with Crippen LogP contribution in [0, 0.1) is 6.92 Å². The van der Waals surface area contributed by atoms with Crippen molar-refractivity contribution < 1.29 is 0 Å². The zero-order valence-corrected chi connectivity index (χ0v) is 14.7. The molecular weight excluding hydrogens is 310 g/mol. The van der Waals surface area contributed by atoms with Crippen LogP contribution in [-0.2, 0) is 13.0 Å². The highest BCUT2D eigenvalue weighted by Gasteiger charge is 2.06. The van der Waals surface area contributed by atoms with Gasteiger partial charge in [0, 0.05) is 38.7 Å². The van der Waals surface area contributed by atoms with Crippen LogP contribution in [0.25, 0.3) is 0 Å². The standard InChI is InChI=1S/C20H23N5/c1-16-4-3-5-18(14-16)15-23-19-8-12-22-20(24-19)25(2)13-9-17-6-10-21-11-7-17/h3-8,10-12,14H,9,13,15H2,1-2H3,(H,22,23,24). The molecule has 0 amide bonds. The Morgan fingerprint density at radius 1 is 1.00 bits per heavy atom. The highest BCUT2D eigenvalue weighted by atomic mass is 15.2. The van der Waals surface area contributed by atoms with E-state index in [1.807, 2.05) is 37.6 Å². The van der Waals surface area contributed by atoms with Crippen molar-refractivity contribution in [3.63, 3.8) is 0 Å². The quantitative estimate of drug-likeness (QED) is 0.717. The third kappa shape index (κ3) is 5.01. The van der Waals surface area contributed by atoms with Gasteiger partial charge in [-0.2, -0.15) is 4.98 Å². The summed E-state index contributed by atoms with van der Waals surface area (Å²) in [5.41, 5.74) is 3.76. The fourth-order valence-corrected chi connectivity index (χ4v) is 2.59. The van der Waals surface area contributed by atoms with Gasteiger partial charge in [-0.05, 0) is 42.7 Å². The van der Waals surface area contributed by atoms with E-state index in [0.717, 1.165) is 31.3 Å². The minimum absolute atomic E-state index is 0.725. The van der Waals surface area contributed by atoms with Gasteiger partial charge in [0.1, 0.15) is 5.82 Å². The molecule has 0 aliphatic heterocycles. The molecule has 2 aromatic heterocycles. The molecule has 1 aromatic carbocycles. The summed E-state index contributed by atoms with van der Waals surface area (Å²) in [6, 6.07) is 14.4. The summed E-state index contributed by atoms with van der Waals surface area (Å²) < 4.78 is 0. The Bertz CT molecular complexity index is 804. The Balaban J connectivity index is 1.58. The lowest BCUT2D eigenvalue weighted by atomic mass is 10.1. The second kappa shape index (κ2) is 8.24. The number of likely N-dealkylation sites (N-methyl/N-ethyl adjacent to an activating group) is 1. The zero-order valence-electron chi connectivity index (χ0n) is 14.7. The molecule has 5 nitrogen and oxygen atoms in total. The van der Waals surface area contributed by atoms with Crippen LogP contribution in [0.2, 0.25) is 0 Å². The molecule has 2 heterocycles. The average Bonchev–Trinajstić information content (AvgIpc) is 2.65. The third-order valence-corrected chi connectivity index (χ3v) is 4.03. The van der Waals surface area contributed by atoms with Crippen LogP contribution in [-0.4, -0.2) is 28.5 Å². The molecule has 0 bridgehead atoms. The van der Waals surface area contributed by atoms with Crippen LogP contribution in [0.3, 0.4) is 0 Å². The van der Waals surface area contributed by atoms with E-state index < -0.39 is 0 Å². The molecule has 0 aliphatic carbocycles. The van der Waals surface area contributed by atoms with E-state index in [-0.39, 0.29) is 0 Å². The van der Waals surface area contributed by atoms with Crippen LogP contribution >= 0.6 is 0 Å². The molecule has 0 atom stereocenters. The Labute approximate surface area is 148 Å². The van der Waals surface area contributed by atoms with E-state index in [9.17, 15) is 0 Å². The number of pyridine rings is 1. The molecule has 128 valence electrons. The molecular formula is C20H23N5. The number of aromatic nitrogens is 3. The number of aryl methyl sites for hydroxylation is 1. The maximum Gasteiger partial charge on any atom is 0.226 e. The van der Waals surface area contributed by atoms with Gasteiger partial charge in [0.25, 0.3) is 0 Å². The van der Waals surface area contributed by atoms with Crippen molar-refractivity contribution in [3.05, 3.63) is 77.7 Å². The molecule has 0 fully saturated rings. The molecule has 0 aliphatic rings. The minimum Gasteiger partial charge on any atom is -0.366 e. The highest BCUT2D eigenvalue weighted by molar-refractivity contribution is 5.41. The first kappa shape index (κ1) is 16.9. The molecule has 1 N–H and O–H groups in total. The molecule has 0 radical (unpaired) electrons. The maximum atomic E-state index is 4.61. The van der Waals surface area contributed by atoms with Gasteiger partial charge in [-0.15, -0.1) is 0 Å². The summed E-state index contributed by atoms with van der Waals surface area (Å²) in [7, 11) is 2.01. The van der Waals surface area contributed by atoms with Gasteiger partial charge in [0.05, 0.1) is 0 Å². The first-order valence-corrected chi connectivity index (χ1v) is 8.43. The first-order chi connectivity index (χ1) is 12.2. The van der Waals surface area contributed by atoms with Crippen LogP contribution < -0.4 is 10.2 Å². The number of nitrogens with one attached hydrogen (secondary N) is 1. The lowest BCUT2D eigenvalue weighted by Gasteiger charge is -2.17. The number of hydrogen-bond acceptors (Lipinski definition) is 5. The Hall–Kier alpha value is -2.95. The van der Waals surface area contributed by atoms with E-state index in [1.165, 1.54) is 16.7 Å². The van der Waals surface area contributed by atoms with E-state index in [0.29, 0.717) is 0 Å². The molecule has 0 saturated heterocycles. The lowest BCUT2D eigenvalue weighted by Crippen LogP contribution is -2.22. The fourth-order valence-electron chi connectivity index (χ4n) is 2.59. The Kier molecular flexibility index (Phi) is 5.57. The number of anilines is 2. The monoisotopic (exact) mass is 333 g/mol. The molecule has 0 unspecified atom stereocenters. The normalized spacial score (nSPS) is 10.5. The van der Waals surface area contributed by atoms with Gasteiger partial charge in [-0.25, -0.2) is 4.98 Å². The maximum absolute atomic E-state index is 4.61. The van der Waals surface area contributed by atoms with Crippen molar-refractivity contribution in [2.24, 2.45) is 0 Å². The number of nitrogens with zero attached hydrogens (tertiary/aromatic N) is 4. The van der Waals surface area contributed by atoms with Gasteiger partial charge in [-0.1, -0.05) is 29.8 Å². The Morgan fingerprint density at radius 3 is 2.64 bits per heavy atom. The predicted molar refractivity (Wildman–Crippen MR) is 102 cm³/mol. The number of rotatable bonds is 7. The van der Waals surface area contributed by atoms with Crippen LogP contribution in [0.1, 0.15) is 16.7 Å². The van der Waals surface area contributed by atoms with Gasteiger partial charge in [0.15, 0.2) is 0 Å². The average molecular weight is 333 g/mol. The summed E-state index contributed by atoms with van der Waals surface area (Å²) in [5.74, 6) is 1.56. The molecule has 0 saturated carbocycles. The van der Waals surface area contributed by atoms with Crippen LogP contribution in [0.4, 0.5) is 11.8 Å². The summed E-state index contributed by atoms with van der Waals surface area (Å²) in [6.07, 6.45) is 6.37. The van der Waals surface area contributed by atoms with Gasteiger partial charge in [0.2, 0.25) is 5.95 Å². The molecule has 5 heteroatoms. The fraction of sp³-hybridized carbons (Fsp3) is 0.250. The summed E-state index contributed by atoms with van der Waals surface area (Å²) in [5, 5.41) is 3.37. The van der Waals surface area contributed by atoms with Gasteiger partial charge >= 0.3 is 0 Å². The minimum atomic E-state index is 0.725. The SMILES string of the molecule is Cc1cccc(CNc2ccnc(N(C)CCc3ccncc3)n2)c1. The number of benzene rings is 1. The molecule has 3 aromatic rings. The van der Waals surface area contributed by atoms with Gasteiger partial charge in [-0.3, -0.25) is 4.98 Å². The molecule has 3 rings (SSSR count). The van der Waals surface area contributed by atoms with Crippen molar-refractivity contribution in [3.8, 4) is 0 Å². The van der Waals surface area contributed by atoms with E-state index in [1.54, 1.807) is 6.20 Å². The first-order valence-electron chi connectivity index (χ1n) is 8.43. The largest absolute Gasteiger partial charge is 0.366 e. The smallest absolute Gasteiger partial charge is 0.226 e. The van der Waals surface area contributed by atoms with Crippen molar-refractivity contribution >= 4 is 11.8 Å². The highest BCUT2D eigenvalue weighted by Crippen LogP contribution is 2.12. The lowest BCUT2D eigenvalue weighted by molar-refractivity contribution is 0.836. The Morgan fingerprint density at radius 2 is 1.84 bits per heavy atom. The summed E-state index contributed by atoms with van der Waals surface area (Å²) >= 11 is 0. The predicted octanol–water partition coefficient (Wildman–Crippen LogP) is 3.47. The second-order valence-corrected chi connectivity index (χ2v) is 6.11. The summed E-state index contributed by atoms with van der Waals surface area (Å²) in [4.78, 5) is 15.1. The topological polar surface area (TPSA) is 53.9 Å². The van der Waals surface area contributed by atoms with Crippen molar-refractivity contribution in [1.82, 2.24) is 15.0 Å². The van der Waals surface area contributed by atoms with Gasteiger partial charge < -0.3 is 10.2 Å². The van der Waals surface area contributed by atoms with Crippen molar-refractivity contribution in [2.45, 2.75) is 19.9 Å². The zero-order chi connectivity index (χ0) is 17.5. The van der Waals surface area contributed by atoms with Crippen LogP contribution in [0.5, 0.6) is 0 Å².